The van der Waals surface area contributed by atoms with Crippen LogP contribution >= 0.6 is 0 Å². The van der Waals surface area contributed by atoms with E-state index in [4.69, 9.17) is 0 Å². The monoisotopic (exact) mass is 270 g/mol. The summed E-state index contributed by atoms with van der Waals surface area (Å²) in [4.78, 5) is 15.0. The molecule has 0 radical (unpaired) electrons. The third-order valence-electron chi connectivity index (χ3n) is 2.80. The summed E-state index contributed by atoms with van der Waals surface area (Å²) in [6.07, 6.45) is 0.845. The number of hydrogen-bond acceptors (Lipinski definition) is 2. The van der Waals surface area contributed by atoms with E-state index < -0.39 is 11.6 Å². The number of hydrogen-bond donors (Lipinski definition) is 0. The predicted octanol–water partition coefficient (Wildman–Crippen LogP) is 2.27. The number of carbonyl (C=O) groups is 1. The molecule has 0 atom stereocenters. The van der Waals surface area contributed by atoms with Gasteiger partial charge in [-0.25, -0.2) is 8.78 Å². The van der Waals surface area contributed by atoms with Crippen molar-refractivity contribution >= 4 is 5.91 Å². The number of amides is 1. The Kier molecular flexibility index (Phi) is 5.89. The van der Waals surface area contributed by atoms with E-state index in [9.17, 15) is 13.6 Å². The molecule has 1 aromatic carbocycles. The van der Waals surface area contributed by atoms with Gasteiger partial charge in [0, 0.05) is 26.2 Å². The second-order valence-electron chi connectivity index (χ2n) is 4.73. The first-order valence-electron chi connectivity index (χ1n) is 6.30. The van der Waals surface area contributed by atoms with E-state index in [0.29, 0.717) is 6.54 Å². The molecule has 0 spiro atoms. The number of halogens is 2. The number of rotatable bonds is 6. The van der Waals surface area contributed by atoms with Crippen LogP contribution in [0.3, 0.4) is 0 Å². The Morgan fingerprint density at radius 1 is 1.26 bits per heavy atom. The average molecular weight is 270 g/mol. The average Bonchev–Trinajstić information content (AvgIpc) is 2.34. The third kappa shape index (κ3) is 4.95. The zero-order valence-corrected chi connectivity index (χ0v) is 11.6. The summed E-state index contributed by atoms with van der Waals surface area (Å²) in [6, 6.07) is 3.38. The predicted molar refractivity (Wildman–Crippen MR) is 70.6 cm³/mol. The van der Waals surface area contributed by atoms with Gasteiger partial charge in [-0.05, 0) is 31.2 Å². The summed E-state index contributed by atoms with van der Waals surface area (Å²) in [6.45, 7) is 3.08. The Morgan fingerprint density at radius 2 is 1.95 bits per heavy atom. The van der Waals surface area contributed by atoms with Crippen molar-refractivity contribution in [3.05, 3.63) is 35.4 Å². The fourth-order valence-corrected chi connectivity index (χ4v) is 1.77. The molecule has 0 saturated heterocycles. The summed E-state index contributed by atoms with van der Waals surface area (Å²) < 4.78 is 26.7. The standard InChI is InChI=1S/C14H20F2N2O/c1-4-7-18(10-14(19)17(2)3)9-11-8-12(15)5-6-13(11)16/h5-6,8H,4,7,9-10H2,1-3H3. The zero-order valence-electron chi connectivity index (χ0n) is 11.6. The molecule has 3 nitrogen and oxygen atoms in total. The Labute approximate surface area is 112 Å². The third-order valence-corrected chi connectivity index (χ3v) is 2.80. The highest BCUT2D eigenvalue weighted by Gasteiger charge is 2.14. The summed E-state index contributed by atoms with van der Waals surface area (Å²) in [7, 11) is 3.35. The molecule has 0 aliphatic rings. The lowest BCUT2D eigenvalue weighted by Gasteiger charge is -2.23. The van der Waals surface area contributed by atoms with E-state index >= 15 is 0 Å². The van der Waals surface area contributed by atoms with Gasteiger partial charge >= 0.3 is 0 Å². The smallest absolute Gasteiger partial charge is 0.236 e. The van der Waals surface area contributed by atoms with Crippen molar-refractivity contribution in [2.75, 3.05) is 27.2 Å². The van der Waals surface area contributed by atoms with Crippen molar-refractivity contribution in [2.45, 2.75) is 19.9 Å². The van der Waals surface area contributed by atoms with Gasteiger partial charge in [-0.3, -0.25) is 9.69 Å². The molecule has 0 saturated carbocycles. The minimum Gasteiger partial charge on any atom is -0.348 e. The van der Waals surface area contributed by atoms with Crippen LogP contribution < -0.4 is 0 Å². The lowest BCUT2D eigenvalue weighted by Crippen LogP contribution is -2.36. The van der Waals surface area contributed by atoms with Gasteiger partial charge in [0.2, 0.25) is 5.91 Å². The van der Waals surface area contributed by atoms with Crippen LogP contribution in [0.2, 0.25) is 0 Å². The molecule has 0 unspecified atom stereocenters. The van der Waals surface area contributed by atoms with E-state index in [-0.39, 0.29) is 24.6 Å². The first-order chi connectivity index (χ1) is 8.93. The molecule has 5 heteroatoms. The number of nitrogens with zero attached hydrogens (tertiary/aromatic N) is 2. The quantitative estimate of drug-likeness (QED) is 0.791. The van der Waals surface area contributed by atoms with Gasteiger partial charge in [0.1, 0.15) is 11.6 Å². The maximum absolute atomic E-state index is 13.6. The molecule has 106 valence electrons. The van der Waals surface area contributed by atoms with Gasteiger partial charge < -0.3 is 4.90 Å². The van der Waals surface area contributed by atoms with Crippen molar-refractivity contribution in [1.82, 2.24) is 9.80 Å². The van der Waals surface area contributed by atoms with Crippen LogP contribution in [0, 0.1) is 11.6 Å². The van der Waals surface area contributed by atoms with E-state index in [1.54, 1.807) is 14.1 Å². The Bertz CT molecular complexity index is 435. The molecule has 1 rings (SSSR count). The number of likely N-dealkylation sites (N-methyl/N-ethyl adjacent to an activating group) is 1. The normalized spacial score (nSPS) is 10.8. The SMILES string of the molecule is CCCN(CC(=O)N(C)C)Cc1cc(F)ccc1F. The topological polar surface area (TPSA) is 23.6 Å². The molecule has 1 amide bonds. The zero-order chi connectivity index (χ0) is 14.4. The van der Waals surface area contributed by atoms with Crippen LogP contribution in [0.15, 0.2) is 18.2 Å². The Hall–Kier alpha value is -1.49. The summed E-state index contributed by atoms with van der Waals surface area (Å²) >= 11 is 0. The second kappa shape index (κ2) is 7.19. The van der Waals surface area contributed by atoms with Crippen LogP contribution in [0.4, 0.5) is 8.78 Å². The minimum atomic E-state index is -0.466. The second-order valence-corrected chi connectivity index (χ2v) is 4.73. The molecule has 0 fully saturated rings. The van der Waals surface area contributed by atoms with Crippen molar-refractivity contribution in [1.29, 1.82) is 0 Å². The van der Waals surface area contributed by atoms with E-state index in [1.165, 1.54) is 11.0 Å². The summed E-state index contributed by atoms with van der Waals surface area (Å²) in [5, 5.41) is 0. The van der Waals surface area contributed by atoms with Gasteiger partial charge in [-0.2, -0.15) is 0 Å². The molecule has 0 aromatic heterocycles. The maximum Gasteiger partial charge on any atom is 0.236 e. The minimum absolute atomic E-state index is 0.0507. The van der Waals surface area contributed by atoms with Crippen molar-refractivity contribution in [2.24, 2.45) is 0 Å². The largest absolute Gasteiger partial charge is 0.348 e. The highest BCUT2D eigenvalue weighted by atomic mass is 19.1. The van der Waals surface area contributed by atoms with Crippen LogP contribution in [-0.4, -0.2) is 42.9 Å². The molecular weight excluding hydrogens is 250 g/mol. The first-order valence-corrected chi connectivity index (χ1v) is 6.30. The molecule has 19 heavy (non-hydrogen) atoms. The molecule has 0 N–H and O–H groups in total. The summed E-state index contributed by atoms with van der Waals surface area (Å²) in [5.74, 6) is -0.961. The summed E-state index contributed by atoms with van der Waals surface area (Å²) in [5.41, 5.74) is 0.278. The number of carbonyl (C=O) groups excluding carboxylic acids is 1. The van der Waals surface area contributed by atoms with E-state index in [1.807, 2.05) is 11.8 Å². The van der Waals surface area contributed by atoms with Crippen molar-refractivity contribution in [3.8, 4) is 0 Å². The number of benzene rings is 1. The molecule has 0 aliphatic heterocycles. The lowest BCUT2D eigenvalue weighted by atomic mass is 10.2. The fraction of sp³-hybridized carbons (Fsp3) is 0.500. The van der Waals surface area contributed by atoms with Crippen LogP contribution in [-0.2, 0) is 11.3 Å². The van der Waals surface area contributed by atoms with Gasteiger partial charge in [0.05, 0.1) is 6.54 Å². The van der Waals surface area contributed by atoms with Crippen LogP contribution in [0.25, 0.3) is 0 Å². The maximum atomic E-state index is 13.6. The highest BCUT2D eigenvalue weighted by Crippen LogP contribution is 2.12. The van der Waals surface area contributed by atoms with E-state index in [2.05, 4.69) is 0 Å². The lowest BCUT2D eigenvalue weighted by molar-refractivity contribution is -0.130. The van der Waals surface area contributed by atoms with Gasteiger partial charge in [-0.15, -0.1) is 0 Å². The fourth-order valence-electron chi connectivity index (χ4n) is 1.77. The molecule has 0 bridgehead atoms. The Morgan fingerprint density at radius 3 is 2.53 bits per heavy atom. The van der Waals surface area contributed by atoms with Gasteiger partial charge in [0.15, 0.2) is 0 Å². The van der Waals surface area contributed by atoms with Crippen LogP contribution in [0.5, 0.6) is 0 Å². The first kappa shape index (κ1) is 15.6. The van der Waals surface area contributed by atoms with E-state index in [0.717, 1.165) is 18.6 Å². The van der Waals surface area contributed by atoms with Crippen LogP contribution in [0.1, 0.15) is 18.9 Å². The van der Waals surface area contributed by atoms with Gasteiger partial charge in [0.25, 0.3) is 0 Å². The van der Waals surface area contributed by atoms with Crippen molar-refractivity contribution in [3.63, 3.8) is 0 Å². The molecule has 0 heterocycles. The van der Waals surface area contributed by atoms with Crippen molar-refractivity contribution < 1.29 is 13.6 Å². The molecular formula is C14H20F2N2O. The molecule has 0 aliphatic carbocycles. The molecule has 1 aromatic rings. The Balaban J connectivity index is 2.77. The highest BCUT2D eigenvalue weighted by molar-refractivity contribution is 5.77. The van der Waals surface area contributed by atoms with Gasteiger partial charge in [-0.1, -0.05) is 6.92 Å².